The molecular formula is C24H42O7. The van der Waals surface area contributed by atoms with Gasteiger partial charge in [0.25, 0.3) is 0 Å². The van der Waals surface area contributed by atoms with Gasteiger partial charge in [-0.15, -0.1) is 0 Å². The highest BCUT2D eigenvalue weighted by molar-refractivity contribution is 5.69. The van der Waals surface area contributed by atoms with E-state index in [0.717, 1.165) is 38.5 Å². The molecule has 4 N–H and O–H groups in total. The SMILES string of the molecule is CCCCCC=CCC=CCCCCCCCC(=O)O[C@H]1O[C@H](CO)[C@@H](O)[C@H](O)[C@H]1O. The van der Waals surface area contributed by atoms with Gasteiger partial charge in [0.15, 0.2) is 0 Å². The van der Waals surface area contributed by atoms with E-state index in [1.54, 1.807) is 0 Å². The maximum atomic E-state index is 11.9. The van der Waals surface area contributed by atoms with Gasteiger partial charge >= 0.3 is 5.97 Å². The lowest BCUT2D eigenvalue weighted by Gasteiger charge is -2.39. The van der Waals surface area contributed by atoms with Crippen LogP contribution >= 0.6 is 0 Å². The fraction of sp³-hybridized carbons (Fsp3) is 0.792. The molecule has 0 unspecified atom stereocenters. The van der Waals surface area contributed by atoms with E-state index >= 15 is 0 Å². The Morgan fingerprint density at radius 1 is 0.839 bits per heavy atom. The van der Waals surface area contributed by atoms with Gasteiger partial charge in [-0.2, -0.15) is 0 Å². The number of unbranched alkanes of at least 4 members (excludes halogenated alkanes) is 8. The minimum atomic E-state index is -1.55. The Balaban J connectivity index is 2.03. The lowest BCUT2D eigenvalue weighted by atomic mass is 9.99. The van der Waals surface area contributed by atoms with Crippen LogP contribution in [-0.2, 0) is 14.3 Å². The summed E-state index contributed by atoms with van der Waals surface area (Å²) in [5, 5.41) is 38.4. The molecule has 5 atom stereocenters. The first-order valence-electron chi connectivity index (χ1n) is 11.8. The summed E-state index contributed by atoms with van der Waals surface area (Å²) in [5.74, 6) is -0.532. The topological polar surface area (TPSA) is 116 Å². The second-order valence-corrected chi connectivity index (χ2v) is 8.17. The fourth-order valence-corrected chi connectivity index (χ4v) is 3.43. The molecule has 0 radical (unpaired) electrons. The number of rotatable bonds is 16. The summed E-state index contributed by atoms with van der Waals surface area (Å²) in [4.78, 5) is 11.9. The minimum Gasteiger partial charge on any atom is -0.433 e. The van der Waals surface area contributed by atoms with Gasteiger partial charge in [0.2, 0.25) is 6.29 Å². The molecule has 1 aliphatic heterocycles. The van der Waals surface area contributed by atoms with Crippen LogP contribution in [0.4, 0.5) is 0 Å². The van der Waals surface area contributed by atoms with Crippen LogP contribution in [0.15, 0.2) is 24.3 Å². The largest absolute Gasteiger partial charge is 0.433 e. The molecule has 31 heavy (non-hydrogen) atoms. The predicted molar refractivity (Wildman–Crippen MR) is 119 cm³/mol. The van der Waals surface area contributed by atoms with E-state index in [0.29, 0.717) is 6.42 Å². The molecule has 0 saturated carbocycles. The molecule has 7 heteroatoms. The van der Waals surface area contributed by atoms with Crippen molar-refractivity contribution < 1.29 is 34.7 Å². The molecule has 0 amide bonds. The van der Waals surface area contributed by atoms with E-state index < -0.39 is 43.3 Å². The Morgan fingerprint density at radius 3 is 2.10 bits per heavy atom. The zero-order valence-corrected chi connectivity index (χ0v) is 18.9. The van der Waals surface area contributed by atoms with Crippen molar-refractivity contribution in [3.8, 4) is 0 Å². The van der Waals surface area contributed by atoms with Gasteiger partial charge in [-0.3, -0.25) is 4.79 Å². The van der Waals surface area contributed by atoms with Crippen molar-refractivity contribution in [2.24, 2.45) is 0 Å². The van der Waals surface area contributed by atoms with E-state index in [1.165, 1.54) is 25.7 Å². The molecule has 0 aromatic carbocycles. The number of aliphatic hydroxyl groups excluding tert-OH is 4. The predicted octanol–water partition coefficient (Wildman–Crippen LogP) is 3.14. The number of ether oxygens (including phenoxy) is 2. The quantitative estimate of drug-likeness (QED) is 0.165. The molecule has 0 aromatic rings. The summed E-state index contributed by atoms with van der Waals surface area (Å²) in [6.07, 6.45) is 14.1. The monoisotopic (exact) mass is 442 g/mol. The van der Waals surface area contributed by atoms with Crippen molar-refractivity contribution in [1.29, 1.82) is 0 Å². The van der Waals surface area contributed by atoms with Crippen LogP contribution < -0.4 is 0 Å². The first-order valence-corrected chi connectivity index (χ1v) is 11.8. The molecule has 0 spiro atoms. The minimum absolute atomic E-state index is 0.194. The molecular weight excluding hydrogens is 400 g/mol. The van der Waals surface area contributed by atoms with Crippen LogP contribution in [0, 0.1) is 0 Å². The number of carbonyl (C=O) groups excluding carboxylic acids is 1. The highest BCUT2D eigenvalue weighted by Crippen LogP contribution is 2.22. The van der Waals surface area contributed by atoms with Crippen molar-refractivity contribution in [2.75, 3.05) is 6.61 Å². The second kappa shape index (κ2) is 17.3. The Bertz CT molecular complexity index is 518. The Hall–Kier alpha value is -1.25. The molecule has 0 aliphatic carbocycles. The Morgan fingerprint density at radius 2 is 1.45 bits per heavy atom. The van der Waals surface area contributed by atoms with Crippen molar-refractivity contribution >= 4 is 5.97 Å². The third-order valence-corrected chi connectivity index (χ3v) is 5.43. The summed E-state index contributed by atoms with van der Waals surface area (Å²) < 4.78 is 10.2. The summed E-state index contributed by atoms with van der Waals surface area (Å²) in [6, 6.07) is 0. The fourth-order valence-electron chi connectivity index (χ4n) is 3.43. The van der Waals surface area contributed by atoms with Gasteiger partial charge in [0, 0.05) is 6.42 Å². The summed E-state index contributed by atoms with van der Waals surface area (Å²) >= 11 is 0. The Labute approximate surface area is 186 Å². The Kier molecular flexibility index (Phi) is 15.5. The molecule has 1 fully saturated rings. The average Bonchev–Trinajstić information content (AvgIpc) is 2.76. The van der Waals surface area contributed by atoms with Gasteiger partial charge < -0.3 is 29.9 Å². The lowest BCUT2D eigenvalue weighted by Crippen LogP contribution is -2.59. The van der Waals surface area contributed by atoms with E-state index in [-0.39, 0.29) is 6.42 Å². The smallest absolute Gasteiger partial charge is 0.308 e. The maximum absolute atomic E-state index is 11.9. The summed E-state index contributed by atoms with van der Waals surface area (Å²) in [7, 11) is 0. The van der Waals surface area contributed by atoms with E-state index in [1.807, 2.05) is 0 Å². The van der Waals surface area contributed by atoms with Gasteiger partial charge in [-0.05, 0) is 38.5 Å². The maximum Gasteiger partial charge on any atom is 0.308 e. The lowest BCUT2D eigenvalue weighted by molar-refractivity contribution is -0.292. The number of allylic oxidation sites excluding steroid dienone is 4. The van der Waals surface area contributed by atoms with Crippen LogP contribution in [0.1, 0.15) is 84.0 Å². The van der Waals surface area contributed by atoms with Gasteiger partial charge in [0.1, 0.15) is 24.4 Å². The summed E-state index contributed by atoms with van der Waals surface area (Å²) in [6.45, 7) is 1.67. The first-order chi connectivity index (χ1) is 15.0. The molecule has 0 bridgehead atoms. The normalized spacial score (nSPS) is 26.7. The van der Waals surface area contributed by atoms with Crippen molar-refractivity contribution in [3.63, 3.8) is 0 Å². The van der Waals surface area contributed by atoms with Crippen LogP contribution in [0.25, 0.3) is 0 Å². The zero-order chi connectivity index (χ0) is 22.9. The van der Waals surface area contributed by atoms with Crippen LogP contribution in [0.2, 0.25) is 0 Å². The average molecular weight is 443 g/mol. The number of carbonyl (C=O) groups is 1. The number of esters is 1. The number of hydrogen-bond acceptors (Lipinski definition) is 7. The van der Waals surface area contributed by atoms with Gasteiger partial charge in [0.05, 0.1) is 6.61 Å². The molecule has 1 aliphatic rings. The van der Waals surface area contributed by atoms with Crippen molar-refractivity contribution in [1.82, 2.24) is 0 Å². The third-order valence-electron chi connectivity index (χ3n) is 5.43. The van der Waals surface area contributed by atoms with Gasteiger partial charge in [-0.25, -0.2) is 0 Å². The van der Waals surface area contributed by atoms with Gasteiger partial charge in [-0.1, -0.05) is 63.3 Å². The standard InChI is InChI=1S/C24H42O7/c1-2-3-4-5-6-7-8-9-10-11-12-13-14-15-16-17-20(26)31-24-23(29)22(28)21(27)19(18-25)30-24/h6-7,9-10,19,21-25,27-29H,2-5,8,11-18H2,1H3/t19-,21-,22+,23-,24-/m1/s1. The van der Waals surface area contributed by atoms with Crippen molar-refractivity contribution in [2.45, 2.75) is 115 Å². The molecule has 180 valence electrons. The zero-order valence-electron chi connectivity index (χ0n) is 18.9. The van der Waals surface area contributed by atoms with E-state index in [9.17, 15) is 20.1 Å². The molecule has 1 rings (SSSR count). The molecule has 7 nitrogen and oxygen atoms in total. The molecule has 1 saturated heterocycles. The highest BCUT2D eigenvalue weighted by atomic mass is 16.7. The second-order valence-electron chi connectivity index (χ2n) is 8.17. The molecule has 1 heterocycles. The van der Waals surface area contributed by atoms with E-state index in [4.69, 9.17) is 14.6 Å². The van der Waals surface area contributed by atoms with Crippen LogP contribution in [-0.4, -0.2) is 63.7 Å². The first kappa shape index (κ1) is 27.8. The number of hydrogen-bond donors (Lipinski definition) is 4. The van der Waals surface area contributed by atoms with Crippen LogP contribution in [0.5, 0.6) is 0 Å². The van der Waals surface area contributed by atoms with Crippen LogP contribution in [0.3, 0.4) is 0 Å². The van der Waals surface area contributed by atoms with Crippen molar-refractivity contribution in [3.05, 3.63) is 24.3 Å². The number of aliphatic hydroxyl groups is 4. The summed E-state index contributed by atoms with van der Waals surface area (Å²) in [5.41, 5.74) is 0. The van der Waals surface area contributed by atoms with E-state index in [2.05, 4.69) is 31.2 Å². The molecule has 0 aromatic heterocycles. The third kappa shape index (κ3) is 11.8. The highest BCUT2D eigenvalue weighted by Gasteiger charge is 2.45.